The molecule has 2 unspecified atom stereocenters. The number of imide groups is 1. The van der Waals surface area contributed by atoms with Crippen LogP contribution in [0.2, 0.25) is 0 Å². The minimum absolute atomic E-state index is 0.0717. The Kier molecular flexibility index (Phi) is 3.47. The third-order valence-corrected chi connectivity index (χ3v) is 3.07. The minimum Gasteiger partial charge on any atom is -0.365 e. The van der Waals surface area contributed by atoms with Gasteiger partial charge in [-0.1, -0.05) is 20.3 Å². The molecule has 0 aromatic rings. The summed E-state index contributed by atoms with van der Waals surface area (Å²) in [5.74, 6) is -2.18. The summed E-state index contributed by atoms with van der Waals surface area (Å²) < 4.78 is 0. The van der Waals surface area contributed by atoms with E-state index in [1.165, 1.54) is 0 Å². The lowest BCUT2D eigenvalue weighted by Crippen LogP contribution is -2.47. The highest BCUT2D eigenvalue weighted by atomic mass is 16.2. The molecule has 88 valence electrons. The maximum absolute atomic E-state index is 11.7. The van der Waals surface area contributed by atoms with E-state index in [-0.39, 0.29) is 17.4 Å². The molecule has 3 N–H and O–H groups in total. The summed E-state index contributed by atoms with van der Waals surface area (Å²) in [7, 11) is 0. The highest BCUT2D eigenvalue weighted by Gasteiger charge is 2.36. The van der Waals surface area contributed by atoms with Gasteiger partial charge in [-0.3, -0.25) is 19.7 Å². The first-order valence-electron chi connectivity index (χ1n) is 5.25. The van der Waals surface area contributed by atoms with E-state index in [2.05, 4.69) is 5.32 Å². The highest BCUT2D eigenvalue weighted by molar-refractivity contribution is 6.24. The van der Waals surface area contributed by atoms with Crippen molar-refractivity contribution in [1.82, 2.24) is 5.32 Å². The fraction of sp³-hybridized carbons (Fsp3) is 0.545. The Morgan fingerprint density at radius 3 is 2.50 bits per heavy atom. The Balaban J connectivity index is 3.23. The van der Waals surface area contributed by atoms with E-state index in [4.69, 9.17) is 5.73 Å². The highest BCUT2D eigenvalue weighted by Crippen LogP contribution is 2.28. The van der Waals surface area contributed by atoms with E-state index < -0.39 is 17.7 Å². The molecular formula is C11H16N2O3. The van der Waals surface area contributed by atoms with Gasteiger partial charge in [0.25, 0.3) is 11.8 Å². The van der Waals surface area contributed by atoms with Crippen molar-refractivity contribution < 1.29 is 14.4 Å². The summed E-state index contributed by atoms with van der Waals surface area (Å²) in [5.41, 5.74) is 5.53. The zero-order chi connectivity index (χ0) is 12.5. The van der Waals surface area contributed by atoms with Gasteiger partial charge in [-0.05, 0) is 18.4 Å². The SMILES string of the molecule is CCC(C)C1C(=O)NC(=O)C(C(N)=O)=C1C. The van der Waals surface area contributed by atoms with Crippen LogP contribution in [0.15, 0.2) is 11.1 Å². The summed E-state index contributed by atoms with van der Waals surface area (Å²) >= 11 is 0. The van der Waals surface area contributed by atoms with Crippen LogP contribution in [0.1, 0.15) is 27.2 Å². The third-order valence-electron chi connectivity index (χ3n) is 3.07. The van der Waals surface area contributed by atoms with Gasteiger partial charge in [-0.25, -0.2) is 0 Å². The molecule has 5 heteroatoms. The molecule has 0 bridgehead atoms. The number of nitrogens with two attached hydrogens (primary N) is 1. The molecule has 1 heterocycles. The summed E-state index contributed by atoms with van der Waals surface area (Å²) in [5, 5.41) is 2.17. The summed E-state index contributed by atoms with van der Waals surface area (Å²) in [6.45, 7) is 5.47. The largest absolute Gasteiger partial charge is 0.365 e. The zero-order valence-electron chi connectivity index (χ0n) is 9.66. The first-order valence-corrected chi connectivity index (χ1v) is 5.25. The van der Waals surface area contributed by atoms with Gasteiger partial charge in [0.2, 0.25) is 5.91 Å². The van der Waals surface area contributed by atoms with Crippen molar-refractivity contribution in [3.63, 3.8) is 0 Å². The second kappa shape index (κ2) is 4.47. The molecule has 0 spiro atoms. The van der Waals surface area contributed by atoms with Crippen LogP contribution in [-0.4, -0.2) is 17.7 Å². The molecule has 0 fully saturated rings. The van der Waals surface area contributed by atoms with Gasteiger partial charge in [-0.2, -0.15) is 0 Å². The molecule has 16 heavy (non-hydrogen) atoms. The first kappa shape index (κ1) is 12.4. The van der Waals surface area contributed by atoms with Crippen LogP contribution in [0.3, 0.4) is 0 Å². The number of amides is 3. The molecular weight excluding hydrogens is 208 g/mol. The maximum atomic E-state index is 11.7. The van der Waals surface area contributed by atoms with Crippen LogP contribution in [0.25, 0.3) is 0 Å². The third kappa shape index (κ3) is 1.98. The van der Waals surface area contributed by atoms with Crippen molar-refractivity contribution in [2.24, 2.45) is 17.6 Å². The van der Waals surface area contributed by atoms with E-state index >= 15 is 0 Å². The fourth-order valence-electron chi connectivity index (χ4n) is 2.01. The quantitative estimate of drug-likeness (QED) is 0.526. The van der Waals surface area contributed by atoms with Crippen LogP contribution in [0.5, 0.6) is 0 Å². The molecule has 0 radical (unpaired) electrons. The number of carbonyl (C=O) groups is 3. The van der Waals surface area contributed by atoms with Crippen molar-refractivity contribution in [1.29, 1.82) is 0 Å². The van der Waals surface area contributed by atoms with Gasteiger partial charge in [0, 0.05) is 0 Å². The first-order chi connectivity index (χ1) is 7.40. The van der Waals surface area contributed by atoms with Gasteiger partial charge >= 0.3 is 0 Å². The monoisotopic (exact) mass is 224 g/mol. The number of nitrogens with one attached hydrogen (secondary N) is 1. The molecule has 1 aliphatic rings. The molecule has 0 aromatic heterocycles. The summed E-state index contributed by atoms with van der Waals surface area (Å²) in [6.07, 6.45) is 0.787. The standard InChI is InChI=1S/C11H16N2O3/c1-4-5(2)7-6(3)8(9(12)14)11(16)13-10(7)15/h5,7H,4H2,1-3H3,(H2,12,14)(H,13,15,16). The average molecular weight is 224 g/mol. The van der Waals surface area contributed by atoms with Crippen molar-refractivity contribution in [3.05, 3.63) is 11.1 Å². The predicted octanol–water partition coefficient (Wildman–Crippen LogP) is 0.107. The van der Waals surface area contributed by atoms with Crippen LogP contribution < -0.4 is 11.1 Å². The molecule has 0 aliphatic carbocycles. The molecule has 2 atom stereocenters. The number of hydrogen-bond donors (Lipinski definition) is 2. The van der Waals surface area contributed by atoms with E-state index in [1.54, 1.807) is 6.92 Å². The van der Waals surface area contributed by atoms with E-state index in [1.807, 2.05) is 13.8 Å². The van der Waals surface area contributed by atoms with Crippen molar-refractivity contribution >= 4 is 17.7 Å². The van der Waals surface area contributed by atoms with E-state index in [0.717, 1.165) is 6.42 Å². The summed E-state index contributed by atoms with van der Waals surface area (Å²) in [4.78, 5) is 34.2. The normalized spacial score (nSPS) is 23.1. The molecule has 5 nitrogen and oxygen atoms in total. The van der Waals surface area contributed by atoms with Crippen molar-refractivity contribution in [2.75, 3.05) is 0 Å². The molecule has 0 saturated heterocycles. The second-order valence-corrected chi connectivity index (χ2v) is 4.10. The topological polar surface area (TPSA) is 89.3 Å². The molecule has 0 aromatic carbocycles. The predicted molar refractivity (Wildman–Crippen MR) is 58.0 cm³/mol. The molecule has 1 rings (SSSR count). The summed E-state index contributed by atoms with van der Waals surface area (Å²) in [6, 6.07) is 0. The fourth-order valence-corrected chi connectivity index (χ4v) is 2.01. The number of carbonyl (C=O) groups excluding carboxylic acids is 3. The van der Waals surface area contributed by atoms with Gasteiger partial charge < -0.3 is 5.73 Å². The van der Waals surface area contributed by atoms with Gasteiger partial charge in [-0.15, -0.1) is 0 Å². The van der Waals surface area contributed by atoms with Gasteiger partial charge in [0.15, 0.2) is 0 Å². The molecule has 0 saturated carbocycles. The Morgan fingerprint density at radius 2 is 2.06 bits per heavy atom. The average Bonchev–Trinajstić information content (AvgIpc) is 2.15. The number of primary amides is 1. The van der Waals surface area contributed by atoms with Crippen LogP contribution >= 0.6 is 0 Å². The lowest BCUT2D eigenvalue weighted by atomic mass is 9.80. The Hall–Kier alpha value is -1.65. The number of hydrogen-bond acceptors (Lipinski definition) is 3. The molecule has 3 amide bonds. The smallest absolute Gasteiger partial charge is 0.263 e. The van der Waals surface area contributed by atoms with Crippen LogP contribution in [0, 0.1) is 11.8 Å². The van der Waals surface area contributed by atoms with Gasteiger partial charge in [0.05, 0.1) is 5.92 Å². The lowest BCUT2D eigenvalue weighted by Gasteiger charge is -2.28. The Morgan fingerprint density at radius 1 is 1.50 bits per heavy atom. The van der Waals surface area contributed by atoms with Crippen LogP contribution in [0.4, 0.5) is 0 Å². The molecule has 1 aliphatic heterocycles. The van der Waals surface area contributed by atoms with Crippen molar-refractivity contribution in [3.8, 4) is 0 Å². The van der Waals surface area contributed by atoms with Crippen molar-refractivity contribution in [2.45, 2.75) is 27.2 Å². The lowest BCUT2D eigenvalue weighted by molar-refractivity contribution is -0.133. The Bertz CT molecular complexity index is 385. The van der Waals surface area contributed by atoms with Crippen LogP contribution in [-0.2, 0) is 14.4 Å². The zero-order valence-corrected chi connectivity index (χ0v) is 9.66. The minimum atomic E-state index is -0.782. The van der Waals surface area contributed by atoms with E-state index in [9.17, 15) is 14.4 Å². The maximum Gasteiger partial charge on any atom is 0.263 e. The number of rotatable bonds is 3. The second-order valence-electron chi connectivity index (χ2n) is 4.10. The van der Waals surface area contributed by atoms with E-state index in [0.29, 0.717) is 5.57 Å². The van der Waals surface area contributed by atoms with Gasteiger partial charge in [0.1, 0.15) is 5.57 Å². The Labute approximate surface area is 94.1 Å².